The largest absolute Gasteiger partial charge is 0.506 e. The van der Waals surface area contributed by atoms with Crippen LogP contribution in [0.3, 0.4) is 0 Å². The zero-order valence-corrected chi connectivity index (χ0v) is 28.1. The molecule has 2 aromatic rings. The van der Waals surface area contributed by atoms with Gasteiger partial charge in [-0.1, -0.05) is 84.0 Å². The number of imidazole rings is 1. The number of aliphatic hydroxyl groups excluding tert-OH is 2. The number of nitrogen functional groups attached to an aromatic ring is 1. The minimum absolute atomic E-state index is 0.178. The first-order chi connectivity index (χ1) is 22.1. The first kappa shape index (κ1) is 37.5. The highest BCUT2D eigenvalue weighted by Crippen LogP contribution is 2.45. The van der Waals surface area contributed by atoms with Gasteiger partial charge in [-0.15, -0.1) is 0 Å². The van der Waals surface area contributed by atoms with E-state index < -0.39 is 56.5 Å². The number of nitrogens with two attached hydrogens (primary N) is 1. The number of carbonyl (C=O) groups is 1. The Morgan fingerprint density at radius 1 is 1.04 bits per heavy atom. The van der Waals surface area contributed by atoms with Crippen LogP contribution in [0.15, 0.2) is 24.4 Å². The lowest BCUT2D eigenvalue weighted by Crippen LogP contribution is -2.34. The van der Waals surface area contributed by atoms with E-state index in [2.05, 4.69) is 21.9 Å². The molecule has 4 unspecified atom stereocenters. The SMILES string of the molecule is CCCCCCCCCCCCCCCC(=O)OCC(OP(=O)(O)COC(C)Cn1cnc2c(N)ncnc21)C1CC(O)=C(O)O1. The molecule has 46 heavy (non-hydrogen) atoms. The Morgan fingerprint density at radius 3 is 2.28 bits per heavy atom. The fourth-order valence-corrected chi connectivity index (χ4v) is 6.43. The second-order valence-corrected chi connectivity index (χ2v) is 13.7. The van der Waals surface area contributed by atoms with Crippen molar-refractivity contribution in [2.24, 2.45) is 0 Å². The van der Waals surface area contributed by atoms with Crippen molar-refractivity contribution in [3.8, 4) is 0 Å². The van der Waals surface area contributed by atoms with Crippen molar-refractivity contribution < 1.29 is 43.2 Å². The van der Waals surface area contributed by atoms with E-state index >= 15 is 0 Å². The molecule has 0 amide bonds. The third-order valence-corrected chi connectivity index (χ3v) is 8.99. The second-order valence-electron chi connectivity index (χ2n) is 12.0. The molecule has 5 N–H and O–H groups in total. The van der Waals surface area contributed by atoms with Gasteiger partial charge < -0.3 is 39.6 Å². The van der Waals surface area contributed by atoms with Crippen LogP contribution in [-0.4, -0.2) is 71.9 Å². The average Bonchev–Trinajstić information content (AvgIpc) is 3.59. The zero-order valence-electron chi connectivity index (χ0n) is 27.2. The minimum atomic E-state index is -4.40. The summed E-state index contributed by atoms with van der Waals surface area (Å²) in [5.41, 5.74) is 6.76. The molecular formula is C31H52N5O9P. The van der Waals surface area contributed by atoms with Gasteiger partial charge in [0.25, 0.3) is 0 Å². The van der Waals surface area contributed by atoms with E-state index in [1.807, 2.05) is 0 Å². The Morgan fingerprint density at radius 2 is 1.67 bits per heavy atom. The monoisotopic (exact) mass is 669 g/mol. The third kappa shape index (κ3) is 13.1. The average molecular weight is 670 g/mol. The number of aliphatic hydroxyl groups is 2. The molecule has 15 heteroatoms. The number of esters is 1. The fourth-order valence-electron chi connectivity index (χ4n) is 5.30. The van der Waals surface area contributed by atoms with Gasteiger partial charge in [0, 0.05) is 6.42 Å². The maximum atomic E-state index is 13.0. The standard InChI is InChI=1S/C31H52N5O9P/c1-3-4-5-6-7-8-9-10-11-12-13-14-15-16-27(38)42-19-26(25-17-24(37)31(39)44-25)45-46(40,41)22-43-23(2)18-36-21-35-28-29(32)33-20-34-30(28)36/h20-21,23,25-26,37,39H,3-19,22H2,1-2H3,(H,40,41)(H2,32,33,34). The van der Waals surface area contributed by atoms with E-state index in [1.54, 1.807) is 11.5 Å². The summed E-state index contributed by atoms with van der Waals surface area (Å²) in [6.45, 7) is 3.79. The van der Waals surface area contributed by atoms with Crippen LogP contribution in [0.5, 0.6) is 0 Å². The normalized spacial score (nSPS) is 17.6. The molecule has 0 bridgehead atoms. The molecular weight excluding hydrogens is 617 g/mol. The molecule has 14 nitrogen and oxygen atoms in total. The lowest BCUT2D eigenvalue weighted by Gasteiger charge is -2.26. The Labute approximate surface area is 271 Å². The summed E-state index contributed by atoms with van der Waals surface area (Å²) in [5, 5.41) is 19.6. The number of fused-ring (bicyclic) bond motifs is 1. The van der Waals surface area contributed by atoms with E-state index in [0.29, 0.717) is 17.6 Å². The summed E-state index contributed by atoms with van der Waals surface area (Å²) < 4.78 is 36.3. The van der Waals surface area contributed by atoms with Crippen molar-refractivity contribution in [3.63, 3.8) is 0 Å². The smallest absolute Gasteiger partial charge is 0.354 e. The Bertz CT molecular complexity index is 1280. The highest BCUT2D eigenvalue weighted by Gasteiger charge is 2.38. The van der Waals surface area contributed by atoms with Gasteiger partial charge >= 0.3 is 19.5 Å². The molecule has 1 aliphatic heterocycles. The van der Waals surface area contributed by atoms with Gasteiger partial charge in [0.2, 0.25) is 0 Å². The molecule has 1 aliphatic rings. The van der Waals surface area contributed by atoms with Gasteiger partial charge in [0.1, 0.15) is 37.0 Å². The van der Waals surface area contributed by atoms with E-state index in [1.165, 1.54) is 70.4 Å². The fraction of sp³-hybridized carbons (Fsp3) is 0.742. The van der Waals surface area contributed by atoms with Crippen LogP contribution < -0.4 is 5.73 Å². The first-order valence-corrected chi connectivity index (χ1v) is 18.3. The highest BCUT2D eigenvalue weighted by atomic mass is 31.2. The molecule has 0 saturated heterocycles. The van der Waals surface area contributed by atoms with E-state index in [0.717, 1.165) is 19.3 Å². The first-order valence-electron chi connectivity index (χ1n) is 16.6. The maximum absolute atomic E-state index is 13.0. The topological polar surface area (TPSA) is 201 Å². The third-order valence-electron chi connectivity index (χ3n) is 7.92. The molecule has 0 radical (unpaired) electrons. The molecule has 0 saturated carbocycles. The van der Waals surface area contributed by atoms with E-state index in [4.69, 9.17) is 24.5 Å². The minimum Gasteiger partial charge on any atom is -0.506 e. The molecule has 2 aromatic heterocycles. The number of unbranched alkanes of at least 4 members (excludes halogenated alkanes) is 12. The van der Waals surface area contributed by atoms with Crippen molar-refractivity contribution >= 4 is 30.5 Å². The second kappa shape index (κ2) is 19.7. The number of ether oxygens (including phenoxy) is 3. The quantitative estimate of drug-likeness (QED) is 0.0541. The van der Waals surface area contributed by atoms with Crippen LogP contribution in [0.25, 0.3) is 11.2 Å². The zero-order chi connectivity index (χ0) is 33.4. The van der Waals surface area contributed by atoms with Crippen molar-refractivity contribution in [3.05, 3.63) is 24.4 Å². The highest BCUT2D eigenvalue weighted by molar-refractivity contribution is 7.52. The van der Waals surface area contributed by atoms with Gasteiger partial charge in [-0.25, -0.2) is 15.0 Å². The summed E-state index contributed by atoms with van der Waals surface area (Å²) in [4.78, 5) is 35.3. The molecule has 4 atom stereocenters. The van der Waals surface area contributed by atoms with Crippen molar-refractivity contribution in [1.29, 1.82) is 0 Å². The number of anilines is 1. The molecule has 0 spiro atoms. The van der Waals surface area contributed by atoms with Crippen LogP contribution in [0.2, 0.25) is 0 Å². The summed E-state index contributed by atoms with van der Waals surface area (Å²) >= 11 is 0. The lowest BCUT2D eigenvalue weighted by atomic mass is 10.0. The Balaban J connectivity index is 1.36. The predicted octanol–water partition coefficient (Wildman–Crippen LogP) is 6.44. The summed E-state index contributed by atoms with van der Waals surface area (Å²) in [6.07, 6.45) is 14.9. The van der Waals surface area contributed by atoms with Gasteiger partial charge in [-0.05, 0) is 13.3 Å². The van der Waals surface area contributed by atoms with Gasteiger partial charge in [-0.2, -0.15) is 0 Å². The summed E-state index contributed by atoms with van der Waals surface area (Å²) in [7, 11) is -4.40. The molecule has 0 aromatic carbocycles. The summed E-state index contributed by atoms with van der Waals surface area (Å²) in [6, 6.07) is 0. The molecule has 0 fully saturated rings. The van der Waals surface area contributed by atoms with E-state index in [9.17, 15) is 24.5 Å². The van der Waals surface area contributed by atoms with Crippen LogP contribution in [0.1, 0.15) is 110 Å². The molecule has 260 valence electrons. The van der Waals surface area contributed by atoms with Crippen LogP contribution in [0.4, 0.5) is 5.82 Å². The Kier molecular flexibility index (Phi) is 16.0. The number of hydrogen-bond donors (Lipinski definition) is 4. The number of rotatable bonds is 24. The number of aromatic nitrogens is 4. The van der Waals surface area contributed by atoms with E-state index in [-0.39, 0.29) is 25.2 Å². The number of nitrogens with zero attached hydrogens (tertiary/aromatic N) is 4. The van der Waals surface area contributed by atoms with Crippen molar-refractivity contribution in [2.75, 3.05) is 18.7 Å². The van der Waals surface area contributed by atoms with Crippen molar-refractivity contribution in [2.45, 2.75) is 135 Å². The summed E-state index contributed by atoms with van der Waals surface area (Å²) in [5.74, 6) is -1.36. The number of hydrogen-bond acceptors (Lipinski definition) is 12. The molecule has 3 rings (SSSR count). The van der Waals surface area contributed by atoms with Gasteiger partial charge in [0.05, 0.1) is 25.4 Å². The molecule has 0 aliphatic carbocycles. The Hall–Kier alpha value is -2.93. The van der Waals surface area contributed by atoms with Gasteiger partial charge in [-0.3, -0.25) is 13.9 Å². The van der Waals surface area contributed by atoms with Crippen LogP contribution >= 0.6 is 7.60 Å². The lowest BCUT2D eigenvalue weighted by molar-refractivity contribution is -0.149. The maximum Gasteiger partial charge on any atom is 0.354 e. The van der Waals surface area contributed by atoms with Gasteiger partial charge in [0.15, 0.2) is 17.2 Å². The van der Waals surface area contributed by atoms with Crippen molar-refractivity contribution in [1.82, 2.24) is 19.5 Å². The van der Waals surface area contributed by atoms with Crippen LogP contribution in [0, 0.1) is 0 Å². The predicted molar refractivity (Wildman–Crippen MR) is 173 cm³/mol. The molecule has 3 heterocycles. The number of carbonyl (C=O) groups excluding carboxylic acids is 1. The van der Waals surface area contributed by atoms with Crippen LogP contribution in [-0.2, 0) is 34.6 Å².